The zero-order valence-corrected chi connectivity index (χ0v) is 13.6. The number of hydrogen-bond acceptors (Lipinski definition) is 4. The van der Waals surface area contributed by atoms with Crippen LogP contribution in [0.1, 0.15) is 12.0 Å². The predicted octanol–water partition coefficient (Wildman–Crippen LogP) is 2.18. The number of aromatic nitrogens is 4. The van der Waals surface area contributed by atoms with E-state index in [4.69, 9.17) is 0 Å². The first-order chi connectivity index (χ1) is 12.3. The fraction of sp³-hybridized carbons (Fsp3) is 0.250. The van der Waals surface area contributed by atoms with Crippen molar-refractivity contribution < 1.29 is 18.0 Å². The summed E-state index contributed by atoms with van der Waals surface area (Å²) >= 11 is 0. The summed E-state index contributed by atoms with van der Waals surface area (Å²) in [5.74, 6) is -0.512. The molecule has 26 heavy (non-hydrogen) atoms. The van der Waals surface area contributed by atoms with Crippen LogP contribution in [-0.2, 0) is 24.6 Å². The molecule has 0 aliphatic carbocycles. The Morgan fingerprint density at radius 2 is 2.08 bits per heavy atom. The van der Waals surface area contributed by atoms with Crippen LogP contribution in [0, 0.1) is 0 Å². The number of hydrogen-bond donors (Lipinski definition) is 1. The van der Waals surface area contributed by atoms with Crippen molar-refractivity contribution in [3.05, 3.63) is 52.7 Å². The third-order valence-electron chi connectivity index (χ3n) is 3.77. The molecule has 0 radical (unpaired) electrons. The molecule has 0 aliphatic heterocycles. The monoisotopic (exact) mass is 365 g/mol. The number of anilines is 1. The van der Waals surface area contributed by atoms with Crippen LogP contribution in [0.3, 0.4) is 0 Å². The quantitative estimate of drug-likeness (QED) is 0.768. The molecule has 0 saturated heterocycles. The Morgan fingerprint density at radius 3 is 2.81 bits per heavy atom. The summed E-state index contributed by atoms with van der Waals surface area (Å²) in [5, 5.41) is 6.67. The molecule has 2 aromatic heterocycles. The van der Waals surface area contributed by atoms with Crippen molar-refractivity contribution in [1.82, 2.24) is 19.3 Å². The molecule has 7 nitrogen and oxygen atoms in total. The maximum atomic E-state index is 12.7. The largest absolute Gasteiger partial charge is 0.416 e. The van der Waals surface area contributed by atoms with Gasteiger partial charge in [0.1, 0.15) is 5.39 Å². The summed E-state index contributed by atoms with van der Waals surface area (Å²) in [7, 11) is 1.65. The Balaban J connectivity index is 1.68. The minimum Gasteiger partial charge on any atom is -0.326 e. The fourth-order valence-electron chi connectivity index (χ4n) is 2.44. The van der Waals surface area contributed by atoms with E-state index in [1.807, 2.05) is 0 Å². The van der Waals surface area contributed by atoms with Crippen molar-refractivity contribution in [3.63, 3.8) is 0 Å². The van der Waals surface area contributed by atoms with E-state index in [0.29, 0.717) is 11.0 Å². The zero-order valence-electron chi connectivity index (χ0n) is 13.6. The Bertz CT molecular complexity index is 1020. The normalized spacial score (nSPS) is 11.7. The van der Waals surface area contributed by atoms with Gasteiger partial charge < -0.3 is 5.32 Å². The third kappa shape index (κ3) is 3.58. The lowest BCUT2D eigenvalue weighted by Gasteiger charge is -2.10. The summed E-state index contributed by atoms with van der Waals surface area (Å²) in [6, 6.07) is 4.35. The molecule has 0 unspecified atom stereocenters. The minimum atomic E-state index is -4.49. The van der Waals surface area contributed by atoms with Crippen molar-refractivity contribution in [3.8, 4) is 0 Å². The molecule has 0 bridgehead atoms. The summed E-state index contributed by atoms with van der Waals surface area (Å²) in [6.45, 7) is 0.0431. The highest BCUT2D eigenvalue weighted by molar-refractivity contribution is 5.90. The number of nitrogens with one attached hydrogen (secondary N) is 1. The number of carbonyl (C=O) groups is 1. The number of rotatable bonds is 4. The van der Waals surface area contributed by atoms with Crippen LogP contribution >= 0.6 is 0 Å². The highest BCUT2D eigenvalue weighted by Gasteiger charge is 2.30. The number of nitrogens with zero attached hydrogens (tertiary/aromatic N) is 4. The molecule has 2 heterocycles. The molecule has 0 atom stereocenters. The Labute approximate surface area is 145 Å². The van der Waals surface area contributed by atoms with Gasteiger partial charge >= 0.3 is 6.18 Å². The van der Waals surface area contributed by atoms with Gasteiger partial charge in [-0.1, -0.05) is 6.07 Å². The van der Waals surface area contributed by atoms with Crippen LogP contribution in [0.2, 0.25) is 0 Å². The van der Waals surface area contributed by atoms with E-state index in [-0.39, 0.29) is 24.2 Å². The highest BCUT2D eigenvalue weighted by Crippen LogP contribution is 2.30. The van der Waals surface area contributed by atoms with Gasteiger partial charge in [-0.15, -0.1) is 0 Å². The number of amides is 1. The summed E-state index contributed by atoms with van der Waals surface area (Å²) in [6.07, 6.45) is -1.88. The molecule has 1 N–H and O–H groups in total. The lowest BCUT2D eigenvalue weighted by atomic mass is 10.2. The van der Waals surface area contributed by atoms with Crippen molar-refractivity contribution in [2.24, 2.45) is 7.05 Å². The highest BCUT2D eigenvalue weighted by atomic mass is 19.4. The number of halogens is 3. The van der Waals surface area contributed by atoms with Gasteiger partial charge in [0, 0.05) is 25.7 Å². The SMILES string of the molecule is Cn1ncc2c(=O)n(CCC(=O)Nc3cccc(C(F)(F)F)c3)cnc21. The van der Waals surface area contributed by atoms with E-state index in [0.717, 1.165) is 12.1 Å². The second-order valence-electron chi connectivity index (χ2n) is 5.63. The average molecular weight is 365 g/mol. The zero-order chi connectivity index (χ0) is 18.9. The molecule has 3 aromatic rings. The molecular formula is C16H14F3N5O2. The Kier molecular flexibility index (Phi) is 4.49. The van der Waals surface area contributed by atoms with Gasteiger partial charge in [-0.2, -0.15) is 18.3 Å². The third-order valence-corrected chi connectivity index (χ3v) is 3.77. The van der Waals surface area contributed by atoms with Gasteiger partial charge in [0.15, 0.2) is 5.65 Å². The molecule has 10 heteroatoms. The van der Waals surface area contributed by atoms with E-state index >= 15 is 0 Å². The lowest BCUT2D eigenvalue weighted by Crippen LogP contribution is -2.23. The van der Waals surface area contributed by atoms with Crippen LogP contribution in [-0.4, -0.2) is 25.2 Å². The maximum Gasteiger partial charge on any atom is 0.416 e. The van der Waals surface area contributed by atoms with Gasteiger partial charge in [-0.05, 0) is 18.2 Å². The van der Waals surface area contributed by atoms with Crippen molar-refractivity contribution in [2.75, 3.05) is 5.32 Å². The van der Waals surface area contributed by atoms with E-state index in [1.165, 1.54) is 33.9 Å². The first-order valence-corrected chi connectivity index (χ1v) is 7.60. The molecule has 0 fully saturated rings. The van der Waals surface area contributed by atoms with Gasteiger partial charge in [0.2, 0.25) is 5.91 Å². The first kappa shape index (κ1) is 17.6. The number of aryl methyl sites for hydroxylation is 2. The number of benzene rings is 1. The van der Waals surface area contributed by atoms with E-state index in [9.17, 15) is 22.8 Å². The Hall–Kier alpha value is -3.17. The molecule has 3 rings (SSSR count). The van der Waals surface area contributed by atoms with Gasteiger partial charge in [-0.3, -0.25) is 18.8 Å². The molecule has 1 aromatic carbocycles. The number of fused-ring (bicyclic) bond motifs is 1. The molecule has 136 valence electrons. The second kappa shape index (κ2) is 6.62. The maximum absolute atomic E-state index is 12.7. The van der Waals surface area contributed by atoms with Crippen LogP contribution in [0.25, 0.3) is 11.0 Å². The fourth-order valence-corrected chi connectivity index (χ4v) is 2.44. The standard InChI is InChI=1S/C16H14F3N5O2/c1-23-14-12(8-21-23)15(26)24(9-20-14)6-5-13(25)22-11-4-2-3-10(7-11)16(17,18)19/h2-4,7-9H,5-6H2,1H3,(H,22,25). The summed E-state index contributed by atoms with van der Waals surface area (Å²) < 4.78 is 40.8. The molecule has 0 saturated carbocycles. The smallest absolute Gasteiger partial charge is 0.326 e. The van der Waals surface area contributed by atoms with Gasteiger partial charge in [0.25, 0.3) is 5.56 Å². The molecule has 0 spiro atoms. The van der Waals surface area contributed by atoms with Crippen molar-refractivity contribution in [2.45, 2.75) is 19.1 Å². The van der Waals surface area contributed by atoms with Crippen molar-refractivity contribution >= 4 is 22.6 Å². The molecule has 0 aliphatic rings. The second-order valence-corrected chi connectivity index (χ2v) is 5.63. The Morgan fingerprint density at radius 1 is 1.31 bits per heavy atom. The van der Waals surface area contributed by atoms with Gasteiger partial charge in [-0.25, -0.2) is 4.98 Å². The summed E-state index contributed by atoms with van der Waals surface area (Å²) in [5.41, 5.74) is -0.717. The summed E-state index contributed by atoms with van der Waals surface area (Å²) in [4.78, 5) is 28.4. The van der Waals surface area contributed by atoms with E-state index in [2.05, 4.69) is 15.4 Å². The molecule has 1 amide bonds. The van der Waals surface area contributed by atoms with Crippen molar-refractivity contribution in [1.29, 1.82) is 0 Å². The van der Waals surface area contributed by atoms with Crippen LogP contribution in [0.5, 0.6) is 0 Å². The predicted molar refractivity (Wildman–Crippen MR) is 87.5 cm³/mol. The minimum absolute atomic E-state index is 0.0398. The van der Waals surface area contributed by atoms with Crippen LogP contribution < -0.4 is 10.9 Å². The number of alkyl halides is 3. The van der Waals surface area contributed by atoms with E-state index in [1.54, 1.807) is 7.05 Å². The van der Waals surface area contributed by atoms with E-state index < -0.39 is 17.6 Å². The lowest BCUT2D eigenvalue weighted by molar-refractivity contribution is -0.137. The topological polar surface area (TPSA) is 81.8 Å². The van der Waals surface area contributed by atoms with Crippen LogP contribution in [0.15, 0.2) is 41.6 Å². The average Bonchev–Trinajstić information content (AvgIpc) is 2.96. The van der Waals surface area contributed by atoms with Gasteiger partial charge in [0.05, 0.1) is 18.1 Å². The molecular weight excluding hydrogens is 351 g/mol. The van der Waals surface area contributed by atoms with Crippen LogP contribution in [0.4, 0.5) is 18.9 Å². The number of carbonyl (C=O) groups excluding carboxylic acids is 1. The first-order valence-electron chi connectivity index (χ1n) is 7.60.